The van der Waals surface area contributed by atoms with Gasteiger partial charge in [0.1, 0.15) is 5.75 Å². The van der Waals surface area contributed by atoms with E-state index in [9.17, 15) is 9.59 Å². The number of hydrogen-bond donors (Lipinski definition) is 1. The number of nitrogens with zero attached hydrogens (tertiary/aromatic N) is 1. The van der Waals surface area contributed by atoms with Crippen LogP contribution >= 0.6 is 23.2 Å². The lowest BCUT2D eigenvalue weighted by Gasteiger charge is -2.38. The third-order valence-corrected chi connectivity index (χ3v) is 4.48. The Balaban J connectivity index is 1.75. The first-order chi connectivity index (χ1) is 12.3. The lowest BCUT2D eigenvalue weighted by molar-refractivity contribution is -0.132. The Morgan fingerprint density at radius 1 is 1.15 bits per heavy atom. The van der Waals surface area contributed by atoms with E-state index in [2.05, 4.69) is 5.32 Å². The molecule has 1 aliphatic heterocycles. The molecule has 0 aromatic heterocycles. The van der Waals surface area contributed by atoms with Crippen LogP contribution in [0.1, 0.15) is 20.3 Å². The molecule has 7 heteroatoms. The van der Waals surface area contributed by atoms with Gasteiger partial charge in [-0.15, -0.1) is 0 Å². The van der Waals surface area contributed by atoms with Crippen molar-refractivity contribution in [3.05, 3.63) is 52.5 Å². The predicted molar refractivity (Wildman–Crippen MR) is 103 cm³/mol. The molecule has 1 heterocycles. The van der Waals surface area contributed by atoms with Crippen LogP contribution in [0.15, 0.2) is 42.5 Å². The number of nitrogens with one attached hydrogen (secondary N) is 1. The Labute approximate surface area is 161 Å². The van der Waals surface area contributed by atoms with Crippen LogP contribution in [0, 0.1) is 0 Å². The third-order valence-electron chi connectivity index (χ3n) is 4.01. The summed E-state index contributed by atoms with van der Waals surface area (Å²) in [5.41, 5.74) is 0.168. The maximum absolute atomic E-state index is 12.7. The van der Waals surface area contributed by atoms with Gasteiger partial charge in [0.2, 0.25) is 5.91 Å². The van der Waals surface area contributed by atoms with Crippen molar-refractivity contribution in [2.75, 3.05) is 16.8 Å². The van der Waals surface area contributed by atoms with Gasteiger partial charge in [-0.1, -0.05) is 29.3 Å². The number of amides is 2. The highest BCUT2D eigenvalue weighted by molar-refractivity contribution is 6.31. The molecular weight excluding hydrogens is 375 g/mol. The molecule has 3 rings (SSSR count). The van der Waals surface area contributed by atoms with Crippen LogP contribution in [-0.2, 0) is 9.59 Å². The van der Waals surface area contributed by atoms with Crippen molar-refractivity contribution in [2.24, 2.45) is 0 Å². The maximum Gasteiger partial charge on any atom is 0.270 e. The Kier molecular flexibility index (Phi) is 5.12. The zero-order valence-electron chi connectivity index (χ0n) is 14.4. The summed E-state index contributed by atoms with van der Waals surface area (Å²) in [4.78, 5) is 26.6. The zero-order chi connectivity index (χ0) is 18.9. The maximum atomic E-state index is 12.7. The fourth-order valence-electron chi connectivity index (χ4n) is 2.77. The van der Waals surface area contributed by atoms with E-state index in [1.165, 1.54) is 0 Å². The number of carbonyl (C=O) groups excluding carboxylic acids is 2. The Morgan fingerprint density at radius 3 is 2.62 bits per heavy atom. The van der Waals surface area contributed by atoms with Crippen molar-refractivity contribution in [1.29, 1.82) is 0 Å². The molecule has 2 aromatic carbocycles. The fourth-order valence-corrected chi connectivity index (χ4v) is 3.12. The molecule has 26 heavy (non-hydrogen) atoms. The van der Waals surface area contributed by atoms with E-state index >= 15 is 0 Å². The molecule has 0 saturated carbocycles. The molecule has 0 spiro atoms. The molecule has 136 valence electrons. The van der Waals surface area contributed by atoms with E-state index in [4.69, 9.17) is 27.9 Å². The van der Waals surface area contributed by atoms with Crippen molar-refractivity contribution in [3.8, 4) is 5.75 Å². The monoisotopic (exact) mass is 392 g/mol. The molecule has 0 unspecified atom stereocenters. The number of carbonyl (C=O) groups is 2. The molecular formula is C19H18Cl2N2O3. The summed E-state index contributed by atoms with van der Waals surface area (Å²) in [6, 6.07) is 12.0. The standard InChI is InChI=1S/C19H18Cl2N2O3/c1-19(2)18(25)23(15-11-13(21)6-7-16(15)26-19)9-8-17(24)22-14-5-3-4-12(20)10-14/h3-7,10-11H,8-9H2,1-2H3,(H,22,24). The third kappa shape index (κ3) is 3.94. The van der Waals surface area contributed by atoms with Crippen molar-refractivity contribution < 1.29 is 14.3 Å². The largest absolute Gasteiger partial charge is 0.476 e. The van der Waals surface area contributed by atoms with Gasteiger partial charge in [-0.25, -0.2) is 0 Å². The van der Waals surface area contributed by atoms with Crippen LogP contribution < -0.4 is 15.0 Å². The van der Waals surface area contributed by atoms with Crippen LogP contribution in [-0.4, -0.2) is 24.0 Å². The first kappa shape index (κ1) is 18.5. The highest BCUT2D eigenvalue weighted by Crippen LogP contribution is 2.39. The van der Waals surface area contributed by atoms with E-state index < -0.39 is 5.60 Å². The lowest BCUT2D eigenvalue weighted by Crippen LogP contribution is -2.53. The molecule has 0 fully saturated rings. The molecule has 1 aliphatic rings. The van der Waals surface area contributed by atoms with Crippen molar-refractivity contribution in [2.45, 2.75) is 25.9 Å². The first-order valence-corrected chi connectivity index (χ1v) is 8.88. The first-order valence-electron chi connectivity index (χ1n) is 8.12. The van der Waals surface area contributed by atoms with Crippen molar-refractivity contribution >= 4 is 46.4 Å². The van der Waals surface area contributed by atoms with E-state index in [-0.39, 0.29) is 24.8 Å². The summed E-state index contributed by atoms with van der Waals surface area (Å²) in [5.74, 6) is 0.130. The lowest BCUT2D eigenvalue weighted by atomic mass is 10.0. The van der Waals surface area contributed by atoms with Crippen LogP contribution in [0.5, 0.6) is 5.75 Å². The molecule has 5 nitrogen and oxygen atoms in total. The molecule has 2 amide bonds. The SMILES string of the molecule is CC1(C)Oc2ccc(Cl)cc2N(CCC(=O)Nc2cccc(Cl)c2)C1=O. The second-order valence-electron chi connectivity index (χ2n) is 6.49. The van der Waals surface area contributed by atoms with Crippen LogP contribution in [0.3, 0.4) is 0 Å². The normalized spacial score (nSPS) is 15.2. The highest BCUT2D eigenvalue weighted by atomic mass is 35.5. The summed E-state index contributed by atoms with van der Waals surface area (Å²) in [6.45, 7) is 3.61. The van der Waals surface area contributed by atoms with E-state index in [1.807, 2.05) is 0 Å². The second-order valence-corrected chi connectivity index (χ2v) is 7.36. The predicted octanol–water partition coefficient (Wildman–Crippen LogP) is 4.53. The van der Waals surface area contributed by atoms with Gasteiger partial charge in [0.15, 0.2) is 5.60 Å². The highest BCUT2D eigenvalue weighted by Gasteiger charge is 2.40. The Morgan fingerprint density at radius 2 is 1.88 bits per heavy atom. The Bertz CT molecular complexity index is 868. The quantitative estimate of drug-likeness (QED) is 0.831. The smallest absolute Gasteiger partial charge is 0.270 e. The average molecular weight is 393 g/mol. The molecule has 1 N–H and O–H groups in total. The molecule has 2 aromatic rings. The number of rotatable bonds is 4. The van der Waals surface area contributed by atoms with Gasteiger partial charge in [-0.05, 0) is 50.2 Å². The van der Waals surface area contributed by atoms with E-state index in [0.717, 1.165) is 0 Å². The van der Waals surface area contributed by atoms with Gasteiger partial charge < -0.3 is 15.0 Å². The van der Waals surface area contributed by atoms with Crippen LogP contribution in [0.25, 0.3) is 0 Å². The minimum atomic E-state index is -1.01. The number of benzene rings is 2. The second kappa shape index (κ2) is 7.17. The minimum Gasteiger partial charge on any atom is -0.476 e. The fraction of sp³-hybridized carbons (Fsp3) is 0.263. The van der Waals surface area contributed by atoms with E-state index in [0.29, 0.717) is 27.2 Å². The number of ether oxygens (including phenoxy) is 1. The van der Waals surface area contributed by atoms with Gasteiger partial charge >= 0.3 is 0 Å². The minimum absolute atomic E-state index is 0.125. The summed E-state index contributed by atoms with van der Waals surface area (Å²) in [6.07, 6.45) is 0.125. The summed E-state index contributed by atoms with van der Waals surface area (Å²) in [7, 11) is 0. The number of halogens is 2. The molecule has 0 bridgehead atoms. The molecule has 0 saturated heterocycles. The van der Waals surface area contributed by atoms with Crippen LogP contribution in [0.2, 0.25) is 10.0 Å². The van der Waals surface area contributed by atoms with Gasteiger partial charge in [-0.2, -0.15) is 0 Å². The number of anilines is 2. The van der Waals surface area contributed by atoms with Gasteiger partial charge in [-0.3, -0.25) is 9.59 Å². The number of fused-ring (bicyclic) bond motifs is 1. The summed E-state index contributed by atoms with van der Waals surface area (Å²) < 4.78 is 5.77. The van der Waals surface area contributed by atoms with E-state index in [1.54, 1.807) is 61.2 Å². The molecule has 0 atom stereocenters. The van der Waals surface area contributed by atoms with Crippen molar-refractivity contribution in [3.63, 3.8) is 0 Å². The molecule has 0 aliphatic carbocycles. The van der Waals surface area contributed by atoms with Gasteiger partial charge in [0, 0.05) is 28.7 Å². The summed E-state index contributed by atoms with van der Waals surface area (Å²) in [5, 5.41) is 3.81. The molecule has 0 radical (unpaired) electrons. The van der Waals surface area contributed by atoms with Crippen molar-refractivity contribution in [1.82, 2.24) is 0 Å². The van der Waals surface area contributed by atoms with Gasteiger partial charge in [0.05, 0.1) is 5.69 Å². The van der Waals surface area contributed by atoms with Crippen LogP contribution in [0.4, 0.5) is 11.4 Å². The zero-order valence-corrected chi connectivity index (χ0v) is 15.9. The number of hydrogen-bond acceptors (Lipinski definition) is 3. The summed E-state index contributed by atoms with van der Waals surface area (Å²) >= 11 is 12.0. The Hall–Kier alpha value is -2.24. The van der Waals surface area contributed by atoms with Gasteiger partial charge in [0.25, 0.3) is 5.91 Å². The topological polar surface area (TPSA) is 58.6 Å². The average Bonchev–Trinajstić information content (AvgIpc) is 2.56.